The molecule has 20 heavy (non-hydrogen) atoms. The number of nitrogens with zero attached hydrogens (tertiary/aromatic N) is 1. The van der Waals surface area contributed by atoms with E-state index in [4.69, 9.17) is 5.11 Å². The Morgan fingerprint density at radius 3 is 2.55 bits per heavy atom. The highest BCUT2D eigenvalue weighted by Crippen LogP contribution is 2.48. The number of benzene rings is 1. The number of carboxylic acids is 1. The van der Waals surface area contributed by atoms with Crippen molar-refractivity contribution < 1.29 is 14.7 Å². The predicted molar refractivity (Wildman–Crippen MR) is 76.4 cm³/mol. The SMILES string of the molecule is CCC(C)N(CC(=O)O)C(=O)C1CC1c1ccccc1. The molecule has 1 aromatic rings. The molecule has 1 aromatic carbocycles. The Kier molecular flexibility index (Phi) is 4.42. The van der Waals surface area contributed by atoms with Crippen LogP contribution in [0.4, 0.5) is 0 Å². The van der Waals surface area contributed by atoms with E-state index in [0.717, 1.165) is 12.8 Å². The van der Waals surface area contributed by atoms with Gasteiger partial charge in [-0.05, 0) is 31.2 Å². The predicted octanol–water partition coefficient (Wildman–Crippen LogP) is 2.50. The van der Waals surface area contributed by atoms with Crippen LogP contribution < -0.4 is 0 Å². The molecule has 1 N–H and O–H groups in total. The second-order valence-corrected chi connectivity index (χ2v) is 5.48. The highest BCUT2D eigenvalue weighted by Gasteiger charge is 2.46. The highest BCUT2D eigenvalue weighted by atomic mass is 16.4. The summed E-state index contributed by atoms with van der Waals surface area (Å²) in [5.74, 6) is -0.763. The Balaban J connectivity index is 2.05. The van der Waals surface area contributed by atoms with E-state index in [-0.39, 0.29) is 30.3 Å². The molecule has 3 unspecified atom stereocenters. The van der Waals surface area contributed by atoms with Crippen molar-refractivity contribution in [2.45, 2.75) is 38.6 Å². The highest BCUT2D eigenvalue weighted by molar-refractivity contribution is 5.86. The molecule has 0 radical (unpaired) electrons. The van der Waals surface area contributed by atoms with Crippen LogP contribution in [0.15, 0.2) is 30.3 Å². The molecule has 0 heterocycles. The van der Waals surface area contributed by atoms with Crippen molar-refractivity contribution in [1.29, 1.82) is 0 Å². The van der Waals surface area contributed by atoms with Crippen molar-refractivity contribution in [2.24, 2.45) is 5.92 Å². The molecule has 0 aliphatic heterocycles. The zero-order chi connectivity index (χ0) is 14.7. The fraction of sp³-hybridized carbons (Fsp3) is 0.500. The van der Waals surface area contributed by atoms with E-state index < -0.39 is 5.97 Å². The van der Waals surface area contributed by atoms with Crippen LogP contribution in [0, 0.1) is 5.92 Å². The van der Waals surface area contributed by atoms with Gasteiger partial charge in [-0.3, -0.25) is 9.59 Å². The lowest BCUT2D eigenvalue weighted by Gasteiger charge is -2.27. The zero-order valence-electron chi connectivity index (χ0n) is 12.0. The summed E-state index contributed by atoms with van der Waals surface area (Å²) >= 11 is 0. The van der Waals surface area contributed by atoms with Gasteiger partial charge in [0.1, 0.15) is 6.54 Å². The second kappa shape index (κ2) is 6.07. The first kappa shape index (κ1) is 14.6. The summed E-state index contributed by atoms with van der Waals surface area (Å²) in [4.78, 5) is 24.9. The molecule has 1 amide bonds. The second-order valence-electron chi connectivity index (χ2n) is 5.48. The molecule has 4 heteroatoms. The molecule has 1 saturated carbocycles. The lowest BCUT2D eigenvalue weighted by atomic mass is 10.1. The maximum absolute atomic E-state index is 12.5. The van der Waals surface area contributed by atoms with Crippen molar-refractivity contribution >= 4 is 11.9 Å². The van der Waals surface area contributed by atoms with Gasteiger partial charge in [0.15, 0.2) is 0 Å². The maximum atomic E-state index is 12.5. The van der Waals surface area contributed by atoms with Gasteiger partial charge in [-0.1, -0.05) is 37.3 Å². The lowest BCUT2D eigenvalue weighted by Crippen LogP contribution is -2.42. The molecular weight excluding hydrogens is 254 g/mol. The van der Waals surface area contributed by atoms with Gasteiger partial charge < -0.3 is 10.0 Å². The summed E-state index contributed by atoms with van der Waals surface area (Å²) < 4.78 is 0. The first-order chi connectivity index (χ1) is 9.54. The molecule has 4 nitrogen and oxygen atoms in total. The van der Waals surface area contributed by atoms with Gasteiger partial charge in [0.2, 0.25) is 5.91 Å². The average molecular weight is 275 g/mol. The molecule has 2 rings (SSSR count). The summed E-state index contributed by atoms with van der Waals surface area (Å²) in [7, 11) is 0. The smallest absolute Gasteiger partial charge is 0.323 e. The Morgan fingerprint density at radius 1 is 1.35 bits per heavy atom. The third-order valence-electron chi connectivity index (χ3n) is 4.05. The van der Waals surface area contributed by atoms with E-state index in [1.807, 2.05) is 44.2 Å². The number of rotatable bonds is 6. The van der Waals surface area contributed by atoms with E-state index in [0.29, 0.717) is 0 Å². The normalized spacial score (nSPS) is 22.1. The van der Waals surface area contributed by atoms with Crippen LogP contribution in [-0.2, 0) is 9.59 Å². The van der Waals surface area contributed by atoms with Crippen molar-refractivity contribution in [3.8, 4) is 0 Å². The fourth-order valence-corrected chi connectivity index (χ4v) is 2.57. The quantitative estimate of drug-likeness (QED) is 0.867. The summed E-state index contributed by atoms with van der Waals surface area (Å²) in [6, 6.07) is 9.93. The number of carboxylic acid groups (broad SMARTS) is 1. The number of carbonyl (C=O) groups excluding carboxylic acids is 1. The Labute approximate surface area is 119 Å². The van der Waals surface area contributed by atoms with Gasteiger partial charge in [-0.25, -0.2) is 0 Å². The third kappa shape index (κ3) is 3.18. The van der Waals surface area contributed by atoms with Crippen LogP contribution in [0.25, 0.3) is 0 Å². The number of aliphatic carboxylic acids is 1. The molecule has 0 saturated heterocycles. The fourth-order valence-electron chi connectivity index (χ4n) is 2.57. The van der Waals surface area contributed by atoms with Crippen molar-refractivity contribution in [3.63, 3.8) is 0 Å². The number of carbonyl (C=O) groups is 2. The van der Waals surface area contributed by atoms with Crippen molar-refractivity contribution in [1.82, 2.24) is 4.90 Å². The van der Waals surface area contributed by atoms with Crippen LogP contribution in [0.1, 0.15) is 38.2 Å². The topological polar surface area (TPSA) is 57.6 Å². The van der Waals surface area contributed by atoms with E-state index in [1.165, 1.54) is 10.5 Å². The molecule has 0 aromatic heterocycles. The minimum atomic E-state index is -0.949. The van der Waals surface area contributed by atoms with Crippen LogP contribution in [0.2, 0.25) is 0 Å². The standard InChI is InChI=1S/C16H21NO3/c1-3-11(2)17(10-15(18)19)16(20)14-9-13(14)12-7-5-4-6-8-12/h4-8,11,13-14H,3,9-10H2,1-2H3,(H,18,19). The number of hydrogen-bond acceptors (Lipinski definition) is 2. The van der Waals surface area contributed by atoms with Crippen molar-refractivity contribution in [2.75, 3.05) is 6.54 Å². The van der Waals surface area contributed by atoms with E-state index in [1.54, 1.807) is 0 Å². The Morgan fingerprint density at radius 2 is 2.00 bits per heavy atom. The first-order valence-electron chi connectivity index (χ1n) is 7.11. The van der Waals surface area contributed by atoms with Crippen molar-refractivity contribution in [3.05, 3.63) is 35.9 Å². The van der Waals surface area contributed by atoms with Gasteiger partial charge in [0, 0.05) is 12.0 Å². The van der Waals surface area contributed by atoms with E-state index in [2.05, 4.69) is 0 Å². The molecule has 0 bridgehead atoms. The molecule has 108 valence electrons. The average Bonchev–Trinajstić information content (AvgIpc) is 3.24. The lowest BCUT2D eigenvalue weighted by molar-refractivity contribution is -0.146. The van der Waals surface area contributed by atoms with Gasteiger partial charge in [-0.15, -0.1) is 0 Å². The molecule has 1 aliphatic carbocycles. The Hall–Kier alpha value is -1.84. The minimum absolute atomic E-state index is 0.0180. The Bertz CT molecular complexity index is 486. The largest absolute Gasteiger partial charge is 0.480 e. The first-order valence-corrected chi connectivity index (χ1v) is 7.11. The number of amides is 1. The summed E-state index contributed by atoms with van der Waals surface area (Å²) in [6.07, 6.45) is 1.59. The van der Waals surface area contributed by atoms with Crippen LogP contribution >= 0.6 is 0 Å². The van der Waals surface area contributed by atoms with E-state index >= 15 is 0 Å². The third-order valence-corrected chi connectivity index (χ3v) is 4.05. The summed E-state index contributed by atoms with van der Waals surface area (Å²) in [6.45, 7) is 3.67. The van der Waals surface area contributed by atoms with E-state index in [9.17, 15) is 9.59 Å². The van der Waals surface area contributed by atoms with Gasteiger partial charge in [0.05, 0.1) is 0 Å². The van der Waals surface area contributed by atoms with Crippen LogP contribution in [-0.4, -0.2) is 34.5 Å². The van der Waals surface area contributed by atoms with Gasteiger partial charge in [-0.2, -0.15) is 0 Å². The minimum Gasteiger partial charge on any atom is -0.480 e. The molecule has 1 aliphatic rings. The zero-order valence-corrected chi connectivity index (χ0v) is 12.0. The van der Waals surface area contributed by atoms with Crippen LogP contribution in [0.5, 0.6) is 0 Å². The monoisotopic (exact) mass is 275 g/mol. The van der Waals surface area contributed by atoms with Crippen LogP contribution in [0.3, 0.4) is 0 Å². The molecule has 0 spiro atoms. The molecule has 3 atom stereocenters. The molecule has 1 fully saturated rings. The summed E-state index contributed by atoms with van der Waals surface area (Å²) in [5.41, 5.74) is 1.17. The molecular formula is C16H21NO3. The summed E-state index contributed by atoms with van der Waals surface area (Å²) in [5, 5.41) is 8.97. The number of hydrogen-bond donors (Lipinski definition) is 1. The van der Waals surface area contributed by atoms with Gasteiger partial charge in [0.25, 0.3) is 0 Å². The maximum Gasteiger partial charge on any atom is 0.323 e. The van der Waals surface area contributed by atoms with Gasteiger partial charge >= 0.3 is 5.97 Å².